The van der Waals surface area contributed by atoms with Gasteiger partial charge in [-0.2, -0.15) is 0 Å². The molecular formula is C17H15NO2. The Morgan fingerprint density at radius 2 is 1.95 bits per heavy atom. The van der Waals surface area contributed by atoms with Crippen LogP contribution in [0.4, 0.5) is 0 Å². The van der Waals surface area contributed by atoms with Crippen LogP contribution in [0, 0.1) is 0 Å². The number of carbonyl (C=O) groups excluding carboxylic acids is 1. The number of allylic oxidation sites excluding steroid dienone is 2. The van der Waals surface area contributed by atoms with Crippen molar-refractivity contribution in [3.8, 4) is 5.75 Å². The summed E-state index contributed by atoms with van der Waals surface area (Å²) in [5.74, 6) is 0.827. The molecule has 3 heteroatoms. The fourth-order valence-corrected chi connectivity index (χ4v) is 2.56. The minimum Gasteiger partial charge on any atom is -0.497 e. The Hall–Kier alpha value is -2.42. The topological polar surface area (TPSA) is 39.2 Å². The molecule has 1 aromatic heterocycles. The lowest BCUT2D eigenvalue weighted by atomic mass is 10.00. The maximum absolute atomic E-state index is 12.6. The molecule has 100 valence electrons. The number of carbonyl (C=O) groups is 1. The molecule has 0 spiro atoms. The van der Waals surface area contributed by atoms with Crippen molar-refractivity contribution in [1.82, 2.24) is 4.98 Å². The minimum absolute atomic E-state index is 0.105. The van der Waals surface area contributed by atoms with Gasteiger partial charge in [0.15, 0.2) is 5.78 Å². The molecule has 0 amide bonds. The van der Waals surface area contributed by atoms with Crippen LogP contribution >= 0.6 is 0 Å². The predicted molar refractivity (Wildman–Crippen MR) is 77.9 cm³/mol. The first-order valence-corrected chi connectivity index (χ1v) is 6.52. The number of nitrogens with zero attached hydrogens (tertiary/aromatic N) is 1. The number of ether oxygens (including phenoxy) is 1. The van der Waals surface area contributed by atoms with Crippen LogP contribution in [0.1, 0.15) is 28.4 Å². The lowest BCUT2D eigenvalue weighted by molar-refractivity contribution is 0.104. The standard InChI is InChI=1S/C17H15NO2/c1-11(12-5-7-18-8-6-12)15-9-13-3-4-14(20-2)10-16(13)17(15)19/h3-8,10H,9H2,1-2H3/b15-11+. The number of hydrogen-bond acceptors (Lipinski definition) is 3. The Bertz CT molecular complexity index is 702. The summed E-state index contributed by atoms with van der Waals surface area (Å²) in [4.78, 5) is 16.6. The maximum atomic E-state index is 12.6. The Morgan fingerprint density at radius 1 is 1.20 bits per heavy atom. The molecular weight excluding hydrogens is 250 g/mol. The number of methoxy groups -OCH3 is 1. The van der Waals surface area contributed by atoms with Crippen LogP contribution in [0.3, 0.4) is 0 Å². The molecule has 0 N–H and O–H groups in total. The molecule has 20 heavy (non-hydrogen) atoms. The molecule has 0 atom stereocenters. The maximum Gasteiger partial charge on any atom is 0.190 e. The van der Waals surface area contributed by atoms with Gasteiger partial charge >= 0.3 is 0 Å². The molecule has 0 aliphatic heterocycles. The van der Waals surface area contributed by atoms with E-state index in [1.165, 1.54) is 0 Å². The van der Waals surface area contributed by atoms with Crippen LogP contribution in [0.25, 0.3) is 5.57 Å². The highest BCUT2D eigenvalue weighted by molar-refractivity contribution is 6.17. The van der Waals surface area contributed by atoms with Crippen LogP contribution in [0.5, 0.6) is 5.75 Å². The number of fused-ring (bicyclic) bond motifs is 1. The molecule has 0 fully saturated rings. The Kier molecular flexibility index (Phi) is 3.11. The van der Waals surface area contributed by atoms with E-state index in [2.05, 4.69) is 4.98 Å². The molecule has 1 aromatic carbocycles. The zero-order valence-electron chi connectivity index (χ0n) is 11.5. The predicted octanol–water partition coefficient (Wildman–Crippen LogP) is 3.30. The lowest BCUT2D eigenvalue weighted by Gasteiger charge is -2.04. The van der Waals surface area contributed by atoms with Crippen LogP contribution in [-0.2, 0) is 6.42 Å². The molecule has 3 rings (SSSR count). The first-order valence-electron chi connectivity index (χ1n) is 6.52. The highest BCUT2D eigenvalue weighted by Gasteiger charge is 2.27. The van der Waals surface area contributed by atoms with E-state index < -0.39 is 0 Å². The van der Waals surface area contributed by atoms with Gasteiger partial charge in [-0.15, -0.1) is 0 Å². The average molecular weight is 265 g/mol. The average Bonchev–Trinajstić information content (AvgIpc) is 2.84. The van der Waals surface area contributed by atoms with E-state index >= 15 is 0 Å². The molecule has 3 nitrogen and oxygen atoms in total. The van der Waals surface area contributed by atoms with Gasteiger partial charge in [0, 0.05) is 30.0 Å². The van der Waals surface area contributed by atoms with Crippen molar-refractivity contribution in [1.29, 1.82) is 0 Å². The van der Waals surface area contributed by atoms with E-state index in [9.17, 15) is 4.79 Å². The van der Waals surface area contributed by atoms with Gasteiger partial charge in [-0.3, -0.25) is 9.78 Å². The van der Waals surface area contributed by atoms with Gasteiger partial charge in [-0.1, -0.05) is 6.07 Å². The van der Waals surface area contributed by atoms with Crippen molar-refractivity contribution in [2.45, 2.75) is 13.3 Å². The van der Waals surface area contributed by atoms with Crippen molar-refractivity contribution in [2.24, 2.45) is 0 Å². The second-order valence-corrected chi connectivity index (χ2v) is 4.87. The number of ketones is 1. The van der Waals surface area contributed by atoms with E-state index in [1.54, 1.807) is 19.5 Å². The summed E-state index contributed by atoms with van der Waals surface area (Å²) in [5, 5.41) is 0. The number of benzene rings is 1. The summed E-state index contributed by atoms with van der Waals surface area (Å²) in [6.45, 7) is 1.99. The third-order valence-corrected chi connectivity index (χ3v) is 3.77. The van der Waals surface area contributed by atoms with E-state index in [0.29, 0.717) is 6.42 Å². The fourth-order valence-electron chi connectivity index (χ4n) is 2.56. The van der Waals surface area contributed by atoms with Crippen molar-refractivity contribution >= 4 is 11.4 Å². The van der Waals surface area contributed by atoms with Crippen molar-refractivity contribution in [3.63, 3.8) is 0 Å². The molecule has 0 saturated heterocycles. The second kappa shape index (κ2) is 4.93. The lowest BCUT2D eigenvalue weighted by Crippen LogP contribution is -1.99. The van der Waals surface area contributed by atoms with E-state index in [4.69, 9.17) is 4.74 Å². The molecule has 1 heterocycles. The molecule has 0 saturated carbocycles. The quantitative estimate of drug-likeness (QED) is 0.782. The SMILES string of the molecule is COc1ccc2c(c1)C(=O)/C(=C(\C)c1ccncc1)C2. The van der Waals surface area contributed by atoms with Gasteiger partial charge in [-0.25, -0.2) is 0 Å². The zero-order valence-corrected chi connectivity index (χ0v) is 11.5. The number of hydrogen-bond donors (Lipinski definition) is 0. The third-order valence-electron chi connectivity index (χ3n) is 3.77. The van der Waals surface area contributed by atoms with Gasteiger partial charge in [0.05, 0.1) is 7.11 Å². The Balaban J connectivity index is 2.05. The largest absolute Gasteiger partial charge is 0.497 e. The van der Waals surface area contributed by atoms with Crippen LogP contribution in [0.15, 0.2) is 48.3 Å². The molecule has 0 unspecified atom stereocenters. The summed E-state index contributed by atoms with van der Waals surface area (Å²) in [6.07, 6.45) is 4.18. The smallest absolute Gasteiger partial charge is 0.190 e. The zero-order chi connectivity index (χ0) is 14.1. The van der Waals surface area contributed by atoms with Crippen LogP contribution < -0.4 is 4.74 Å². The summed E-state index contributed by atoms with van der Waals surface area (Å²) < 4.78 is 5.19. The van der Waals surface area contributed by atoms with E-state index in [-0.39, 0.29) is 5.78 Å². The van der Waals surface area contributed by atoms with Crippen LogP contribution in [-0.4, -0.2) is 17.9 Å². The normalized spacial score (nSPS) is 16.0. The summed E-state index contributed by atoms with van der Waals surface area (Å²) in [7, 11) is 1.61. The first-order chi connectivity index (χ1) is 9.70. The summed E-state index contributed by atoms with van der Waals surface area (Å²) in [5.41, 5.74) is 4.75. The third kappa shape index (κ3) is 2.01. The summed E-state index contributed by atoms with van der Waals surface area (Å²) >= 11 is 0. The van der Waals surface area contributed by atoms with Gasteiger partial charge in [-0.05, 0) is 47.9 Å². The van der Waals surface area contributed by atoms with Gasteiger partial charge in [0.25, 0.3) is 0 Å². The first kappa shape index (κ1) is 12.6. The Morgan fingerprint density at radius 3 is 2.65 bits per heavy atom. The second-order valence-electron chi connectivity index (χ2n) is 4.87. The van der Waals surface area contributed by atoms with Gasteiger partial charge < -0.3 is 4.74 Å². The minimum atomic E-state index is 0.105. The van der Waals surface area contributed by atoms with E-state index in [0.717, 1.165) is 33.6 Å². The number of Topliss-reactive ketones (excluding diaryl/α,β-unsaturated/α-hetero) is 1. The fraction of sp³-hybridized carbons (Fsp3) is 0.176. The van der Waals surface area contributed by atoms with Gasteiger partial charge in [0.1, 0.15) is 5.75 Å². The number of aromatic nitrogens is 1. The van der Waals surface area contributed by atoms with E-state index in [1.807, 2.05) is 37.3 Å². The molecule has 1 aliphatic rings. The van der Waals surface area contributed by atoms with Crippen molar-refractivity contribution < 1.29 is 9.53 Å². The number of rotatable bonds is 2. The molecule has 0 radical (unpaired) electrons. The van der Waals surface area contributed by atoms with Gasteiger partial charge in [0.2, 0.25) is 0 Å². The highest BCUT2D eigenvalue weighted by atomic mass is 16.5. The summed E-state index contributed by atoms with van der Waals surface area (Å²) in [6, 6.07) is 9.55. The Labute approximate surface area is 117 Å². The molecule has 2 aromatic rings. The van der Waals surface area contributed by atoms with Crippen LogP contribution in [0.2, 0.25) is 0 Å². The molecule has 0 bridgehead atoms. The monoisotopic (exact) mass is 265 g/mol. The van der Waals surface area contributed by atoms with Crippen molar-refractivity contribution in [3.05, 3.63) is 65.0 Å². The molecule has 1 aliphatic carbocycles. The number of pyridine rings is 1. The van der Waals surface area contributed by atoms with Crippen molar-refractivity contribution in [2.75, 3.05) is 7.11 Å². The highest BCUT2D eigenvalue weighted by Crippen LogP contribution is 2.33.